The first-order valence-corrected chi connectivity index (χ1v) is 7.55. The summed E-state index contributed by atoms with van der Waals surface area (Å²) in [5.41, 5.74) is 1.44. The van der Waals surface area contributed by atoms with E-state index in [0.717, 1.165) is 12.0 Å². The van der Waals surface area contributed by atoms with Crippen LogP contribution in [0.4, 0.5) is 0 Å². The predicted octanol–water partition coefficient (Wildman–Crippen LogP) is 3.13. The second kappa shape index (κ2) is 7.58. The second-order valence-corrected chi connectivity index (χ2v) is 5.46. The molecule has 1 heterocycles. The number of amides is 1. The number of benzene rings is 1. The molecule has 0 aliphatic rings. The minimum absolute atomic E-state index is 0.0895. The van der Waals surface area contributed by atoms with E-state index in [1.165, 1.54) is 0 Å². The lowest BCUT2D eigenvalue weighted by Gasteiger charge is -2.16. The smallest absolute Gasteiger partial charge is 0.305 e. The van der Waals surface area contributed by atoms with Gasteiger partial charge in [0.15, 0.2) is 0 Å². The van der Waals surface area contributed by atoms with Crippen LogP contribution in [0.25, 0.3) is 0 Å². The normalized spacial score (nSPS) is 13.3. The molecular weight excluding hydrogens is 296 g/mol. The summed E-state index contributed by atoms with van der Waals surface area (Å²) in [6.07, 6.45) is 0.682. The Kier molecular flexibility index (Phi) is 5.51. The zero-order valence-electron chi connectivity index (χ0n) is 13.2. The van der Waals surface area contributed by atoms with Crippen LogP contribution >= 0.6 is 0 Å². The summed E-state index contributed by atoms with van der Waals surface area (Å²) in [6, 6.07) is 9.96. The molecule has 2 unspecified atom stereocenters. The van der Waals surface area contributed by atoms with Crippen LogP contribution in [0, 0.1) is 0 Å². The average Bonchev–Trinajstić information content (AvgIpc) is 3.04. The van der Waals surface area contributed by atoms with Gasteiger partial charge in [0, 0.05) is 12.0 Å². The van der Waals surface area contributed by atoms with Gasteiger partial charge in [-0.1, -0.05) is 49.3 Å². The van der Waals surface area contributed by atoms with Crippen molar-refractivity contribution in [3.05, 3.63) is 53.4 Å². The zero-order chi connectivity index (χ0) is 16.8. The third-order valence-corrected chi connectivity index (χ3v) is 3.76. The van der Waals surface area contributed by atoms with Gasteiger partial charge in [0.25, 0.3) is 5.91 Å². The number of nitrogens with zero attached hydrogens (tertiary/aromatic N) is 1. The van der Waals surface area contributed by atoms with Crippen molar-refractivity contribution in [2.45, 2.75) is 38.6 Å². The maximum atomic E-state index is 12.3. The summed E-state index contributed by atoms with van der Waals surface area (Å²) in [4.78, 5) is 23.3. The van der Waals surface area contributed by atoms with E-state index in [0.29, 0.717) is 5.69 Å². The monoisotopic (exact) mass is 316 g/mol. The van der Waals surface area contributed by atoms with Crippen LogP contribution < -0.4 is 5.32 Å². The van der Waals surface area contributed by atoms with E-state index in [1.807, 2.05) is 19.9 Å². The molecule has 0 saturated heterocycles. The number of carboxylic acid groups (broad SMARTS) is 1. The average molecular weight is 316 g/mol. The number of aromatic nitrogens is 1. The fraction of sp³-hybridized carbons (Fsp3) is 0.353. The summed E-state index contributed by atoms with van der Waals surface area (Å²) < 4.78 is 5.08. The highest BCUT2D eigenvalue weighted by Crippen LogP contribution is 2.20. The molecule has 1 amide bonds. The Hall–Kier alpha value is -2.63. The van der Waals surface area contributed by atoms with Crippen LogP contribution in [-0.4, -0.2) is 22.1 Å². The molecule has 0 aliphatic carbocycles. The Bertz CT molecular complexity index is 666. The van der Waals surface area contributed by atoms with Gasteiger partial charge in [0.05, 0.1) is 18.2 Å². The van der Waals surface area contributed by atoms with Crippen LogP contribution in [-0.2, 0) is 4.79 Å². The minimum atomic E-state index is -0.989. The van der Waals surface area contributed by atoms with Crippen molar-refractivity contribution in [2.24, 2.45) is 0 Å². The first-order chi connectivity index (χ1) is 11.0. The van der Waals surface area contributed by atoms with Crippen molar-refractivity contribution in [1.82, 2.24) is 10.5 Å². The maximum Gasteiger partial charge on any atom is 0.305 e. The molecule has 0 saturated carbocycles. The lowest BCUT2D eigenvalue weighted by molar-refractivity contribution is -0.137. The third kappa shape index (κ3) is 4.42. The van der Waals surface area contributed by atoms with Gasteiger partial charge in [0.2, 0.25) is 5.76 Å². The molecule has 2 atom stereocenters. The summed E-state index contributed by atoms with van der Waals surface area (Å²) in [5.74, 6) is -1.17. The molecule has 122 valence electrons. The molecule has 0 aliphatic heterocycles. The zero-order valence-corrected chi connectivity index (χ0v) is 13.2. The summed E-state index contributed by atoms with van der Waals surface area (Å²) >= 11 is 0. The maximum absolute atomic E-state index is 12.3. The van der Waals surface area contributed by atoms with Crippen LogP contribution in [0.5, 0.6) is 0 Å². The number of rotatable bonds is 7. The lowest BCUT2D eigenvalue weighted by atomic mass is 10.0. The molecule has 0 radical (unpaired) electrons. The summed E-state index contributed by atoms with van der Waals surface area (Å²) in [5, 5.41) is 15.6. The molecule has 23 heavy (non-hydrogen) atoms. The number of nitrogens with one attached hydrogen (secondary N) is 1. The van der Waals surface area contributed by atoms with E-state index in [1.54, 1.807) is 30.3 Å². The summed E-state index contributed by atoms with van der Waals surface area (Å²) in [6.45, 7) is 4.02. The van der Waals surface area contributed by atoms with Gasteiger partial charge in [-0.2, -0.15) is 0 Å². The topological polar surface area (TPSA) is 92.4 Å². The second-order valence-electron chi connectivity index (χ2n) is 5.46. The van der Waals surface area contributed by atoms with Crippen molar-refractivity contribution in [1.29, 1.82) is 0 Å². The van der Waals surface area contributed by atoms with E-state index in [9.17, 15) is 9.59 Å². The van der Waals surface area contributed by atoms with E-state index in [2.05, 4.69) is 10.5 Å². The van der Waals surface area contributed by atoms with Crippen molar-refractivity contribution in [2.75, 3.05) is 0 Å². The standard InChI is InChI=1S/C17H20N2O4/c1-3-11(2)13-9-15(23-19-13)17(22)18-14(10-16(20)21)12-7-5-4-6-8-12/h4-9,11,14H,3,10H2,1-2H3,(H,18,22)(H,20,21). The van der Waals surface area contributed by atoms with Crippen LogP contribution in [0.1, 0.15) is 60.5 Å². The Morgan fingerprint density at radius 1 is 1.30 bits per heavy atom. The van der Waals surface area contributed by atoms with Gasteiger partial charge in [-0.05, 0) is 12.0 Å². The molecule has 1 aromatic heterocycles. The van der Waals surface area contributed by atoms with E-state index < -0.39 is 17.9 Å². The molecule has 6 heteroatoms. The van der Waals surface area contributed by atoms with Gasteiger partial charge in [0.1, 0.15) is 0 Å². The number of aliphatic carboxylic acids is 1. The third-order valence-electron chi connectivity index (χ3n) is 3.76. The molecule has 0 bridgehead atoms. The molecule has 2 rings (SSSR count). The van der Waals surface area contributed by atoms with Gasteiger partial charge in [-0.15, -0.1) is 0 Å². The van der Waals surface area contributed by atoms with Crippen LogP contribution in [0.3, 0.4) is 0 Å². The summed E-state index contributed by atoms with van der Waals surface area (Å²) in [7, 11) is 0. The van der Waals surface area contributed by atoms with Crippen molar-refractivity contribution in [3.63, 3.8) is 0 Å². The Labute approximate surface area is 134 Å². The first kappa shape index (κ1) is 16.7. The Morgan fingerprint density at radius 2 is 2.00 bits per heavy atom. The van der Waals surface area contributed by atoms with Crippen LogP contribution in [0.15, 0.2) is 40.9 Å². The van der Waals surface area contributed by atoms with Gasteiger partial charge < -0.3 is 14.9 Å². The Balaban J connectivity index is 2.14. The molecule has 2 N–H and O–H groups in total. The number of carbonyl (C=O) groups is 2. The van der Waals surface area contributed by atoms with Gasteiger partial charge >= 0.3 is 5.97 Å². The van der Waals surface area contributed by atoms with Crippen molar-refractivity contribution >= 4 is 11.9 Å². The largest absolute Gasteiger partial charge is 0.481 e. The number of carboxylic acids is 1. The number of hydrogen-bond acceptors (Lipinski definition) is 4. The van der Waals surface area contributed by atoms with Gasteiger partial charge in [-0.25, -0.2) is 0 Å². The first-order valence-electron chi connectivity index (χ1n) is 7.55. The van der Waals surface area contributed by atoms with Crippen molar-refractivity contribution in [3.8, 4) is 0 Å². The van der Waals surface area contributed by atoms with Crippen molar-refractivity contribution < 1.29 is 19.2 Å². The highest BCUT2D eigenvalue weighted by Gasteiger charge is 2.22. The molecule has 0 spiro atoms. The predicted molar refractivity (Wildman–Crippen MR) is 84.1 cm³/mol. The number of carbonyl (C=O) groups excluding carboxylic acids is 1. The molecule has 0 fully saturated rings. The fourth-order valence-corrected chi connectivity index (χ4v) is 2.18. The Morgan fingerprint density at radius 3 is 2.61 bits per heavy atom. The van der Waals surface area contributed by atoms with E-state index in [4.69, 9.17) is 9.63 Å². The number of hydrogen-bond donors (Lipinski definition) is 2. The highest BCUT2D eigenvalue weighted by atomic mass is 16.5. The fourth-order valence-electron chi connectivity index (χ4n) is 2.18. The van der Waals surface area contributed by atoms with Crippen LogP contribution in [0.2, 0.25) is 0 Å². The molecule has 1 aromatic carbocycles. The van der Waals surface area contributed by atoms with E-state index in [-0.39, 0.29) is 18.1 Å². The minimum Gasteiger partial charge on any atom is -0.481 e. The quantitative estimate of drug-likeness (QED) is 0.818. The lowest BCUT2D eigenvalue weighted by Crippen LogP contribution is -2.29. The van der Waals surface area contributed by atoms with E-state index >= 15 is 0 Å². The van der Waals surface area contributed by atoms with Gasteiger partial charge in [-0.3, -0.25) is 9.59 Å². The molecule has 2 aromatic rings. The SMILES string of the molecule is CCC(C)c1cc(C(=O)NC(CC(=O)O)c2ccccc2)on1. The highest BCUT2D eigenvalue weighted by molar-refractivity contribution is 5.92. The molecule has 6 nitrogen and oxygen atoms in total. The molecular formula is C17H20N2O4.